The lowest BCUT2D eigenvalue weighted by Crippen LogP contribution is -1.99. The molecule has 0 aromatic heterocycles. The summed E-state index contributed by atoms with van der Waals surface area (Å²) in [4.78, 5) is 0. The summed E-state index contributed by atoms with van der Waals surface area (Å²) < 4.78 is 13.5. The van der Waals surface area contributed by atoms with Gasteiger partial charge in [0.05, 0.1) is 17.1 Å². The van der Waals surface area contributed by atoms with Crippen molar-refractivity contribution in [1.82, 2.24) is 0 Å². The highest BCUT2D eigenvalue weighted by molar-refractivity contribution is 5.74. The summed E-state index contributed by atoms with van der Waals surface area (Å²) in [6.45, 7) is 4.00. The van der Waals surface area contributed by atoms with E-state index in [2.05, 4.69) is 5.32 Å². The van der Waals surface area contributed by atoms with Gasteiger partial charge in [-0.2, -0.15) is 0 Å². The number of para-hydroxylation sites is 1. The van der Waals surface area contributed by atoms with Gasteiger partial charge in [-0.05, 0) is 49.2 Å². The van der Waals surface area contributed by atoms with Crippen molar-refractivity contribution in [3.63, 3.8) is 0 Å². The van der Waals surface area contributed by atoms with E-state index in [1.54, 1.807) is 18.2 Å². The Balaban J connectivity index is 2.37. The van der Waals surface area contributed by atoms with Crippen molar-refractivity contribution in [1.29, 1.82) is 0 Å². The molecule has 0 unspecified atom stereocenters. The Morgan fingerprint density at radius 2 is 1.65 bits per heavy atom. The number of rotatable bonds is 2. The minimum Gasteiger partial charge on any atom is -0.397 e. The van der Waals surface area contributed by atoms with E-state index in [1.807, 2.05) is 26.0 Å². The van der Waals surface area contributed by atoms with Gasteiger partial charge in [0, 0.05) is 0 Å². The lowest BCUT2D eigenvalue weighted by molar-refractivity contribution is 0.632. The Morgan fingerprint density at radius 3 is 2.35 bits per heavy atom. The van der Waals surface area contributed by atoms with Gasteiger partial charge in [-0.25, -0.2) is 4.39 Å². The van der Waals surface area contributed by atoms with Crippen LogP contribution in [0.25, 0.3) is 0 Å². The highest BCUT2D eigenvalue weighted by Crippen LogP contribution is 2.27. The zero-order valence-corrected chi connectivity index (χ0v) is 9.92. The van der Waals surface area contributed by atoms with E-state index in [-0.39, 0.29) is 5.82 Å². The molecule has 0 radical (unpaired) electrons. The molecule has 3 N–H and O–H groups in total. The zero-order chi connectivity index (χ0) is 12.4. The topological polar surface area (TPSA) is 38.0 Å². The largest absolute Gasteiger partial charge is 0.397 e. The molecule has 0 saturated heterocycles. The van der Waals surface area contributed by atoms with Crippen molar-refractivity contribution in [3.05, 3.63) is 53.3 Å². The highest BCUT2D eigenvalue weighted by atomic mass is 19.1. The summed E-state index contributed by atoms with van der Waals surface area (Å²) in [5, 5.41) is 3.01. The molecule has 0 aliphatic rings. The second-order valence-corrected chi connectivity index (χ2v) is 4.13. The maximum absolute atomic E-state index is 13.5. The fourth-order valence-electron chi connectivity index (χ4n) is 1.65. The lowest BCUT2D eigenvalue weighted by Gasteiger charge is -2.12. The van der Waals surface area contributed by atoms with Crippen molar-refractivity contribution < 1.29 is 4.39 Å². The lowest BCUT2D eigenvalue weighted by atomic mass is 10.1. The Labute approximate surface area is 100 Å². The standard InChI is InChI=1S/C14H15FN2/c1-9-7-12(16)14(8-10(9)2)17-13-6-4-3-5-11(13)15/h3-8,17H,16H2,1-2H3. The quantitative estimate of drug-likeness (QED) is 0.771. The first-order chi connectivity index (χ1) is 8.08. The highest BCUT2D eigenvalue weighted by Gasteiger charge is 2.05. The fraction of sp³-hybridized carbons (Fsp3) is 0.143. The van der Waals surface area contributed by atoms with Crippen LogP contribution in [0.2, 0.25) is 0 Å². The molecule has 0 fully saturated rings. The van der Waals surface area contributed by atoms with Gasteiger partial charge in [0.15, 0.2) is 0 Å². The van der Waals surface area contributed by atoms with Crippen LogP contribution in [0, 0.1) is 19.7 Å². The number of halogens is 1. The van der Waals surface area contributed by atoms with Crippen LogP contribution >= 0.6 is 0 Å². The minimum atomic E-state index is -0.287. The number of hydrogen-bond donors (Lipinski definition) is 2. The summed E-state index contributed by atoms with van der Waals surface area (Å²) in [7, 11) is 0. The summed E-state index contributed by atoms with van der Waals surface area (Å²) >= 11 is 0. The van der Waals surface area contributed by atoms with Crippen LogP contribution in [-0.2, 0) is 0 Å². The van der Waals surface area contributed by atoms with Crippen molar-refractivity contribution in [3.8, 4) is 0 Å². The van der Waals surface area contributed by atoms with Crippen LogP contribution < -0.4 is 11.1 Å². The number of nitrogen functional groups attached to an aromatic ring is 1. The number of benzene rings is 2. The molecule has 2 nitrogen and oxygen atoms in total. The Morgan fingerprint density at radius 1 is 1.00 bits per heavy atom. The molecule has 88 valence electrons. The number of nitrogens with one attached hydrogen (secondary N) is 1. The Kier molecular flexibility index (Phi) is 3.00. The Bertz CT molecular complexity index is 550. The van der Waals surface area contributed by atoms with E-state index in [4.69, 9.17) is 5.73 Å². The van der Waals surface area contributed by atoms with Crippen LogP contribution in [-0.4, -0.2) is 0 Å². The average molecular weight is 230 g/mol. The van der Waals surface area contributed by atoms with Crippen molar-refractivity contribution in [2.75, 3.05) is 11.1 Å². The Hall–Kier alpha value is -2.03. The first kappa shape index (κ1) is 11.5. The molecule has 0 heterocycles. The van der Waals surface area contributed by atoms with Gasteiger partial charge >= 0.3 is 0 Å². The van der Waals surface area contributed by atoms with Crippen LogP contribution in [0.5, 0.6) is 0 Å². The van der Waals surface area contributed by atoms with Crippen molar-refractivity contribution in [2.45, 2.75) is 13.8 Å². The molecule has 0 bridgehead atoms. The van der Waals surface area contributed by atoms with Crippen molar-refractivity contribution in [2.24, 2.45) is 0 Å². The van der Waals surface area contributed by atoms with Gasteiger partial charge < -0.3 is 11.1 Å². The minimum absolute atomic E-state index is 0.287. The summed E-state index contributed by atoms with van der Waals surface area (Å²) in [6, 6.07) is 10.4. The van der Waals surface area contributed by atoms with E-state index in [0.29, 0.717) is 11.4 Å². The van der Waals surface area contributed by atoms with E-state index < -0.39 is 0 Å². The van der Waals surface area contributed by atoms with Crippen LogP contribution in [0.1, 0.15) is 11.1 Å². The molecule has 0 amide bonds. The SMILES string of the molecule is Cc1cc(N)c(Nc2ccccc2F)cc1C. The van der Waals surface area contributed by atoms with Gasteiger partial charge in [0.25, 0.3) is 0 Å². The molecule has 3 heteroatoms. The summed E-state index contributed by atoms with van der Waals surface area (Å²) in [5.74, 6) is -0.287. The summed E-state index contributed by atoms with van der Waals surface area (Å²) in [6.07, 6.45) is 0. The van der Waals surface area contributed by atoms with Gasteiger partial charge in [0.1, 0.15) is 5.82 Å². The second kappa shape index (κ2) is 4.45. The molecule has 0 aliphatic heterocycles. The zero-order valence-electron chi connectivity index (χ0n) is 9.92. The molecular weight excluding hydrogens is 215 g/mol. The molecule has 2 aromatic rings. The van der Waals surface area contributed by atoms with E-state index in [0.717, 1.165) is 16.8 Å². The number of aryl methyl sites for hydroxylation is 2. The van der Waals surface area contributed by atoms with E-state index in [9.17, 15) is 4.39 Å². The predicted octanol–water partition coefficient (Wildman–Crippen LogP) is 3.77. The van der Waals surface area contributed by atoms with Crippen molar-refractivity contribution >= 4 is 17.1 Å². The third-order valence-corrected chi connectivity index (χ3v) is 2.81. The normalized spacial score (nSPS) is 10.3. The molecule has 2 aromatic carbocycles. The van der Waals surface area contributed by atoms with Crippen LogP contribution in [0.3, 0.4) is 0 Å². The monoisotopic (exact) mass is 230 g/mol. The number of nitrogens with two attached hydrogens (primary N) is 1. The van der Waals surface area contributed by atoms with Gasteiger partial charge in [-0.1, -0.05) is 12.1 Å². The third kappa shape index (κ3) is 2.38. The molecule has 2 rings (SSSR count). The van der Waals surface area contributed by atoms with Gasteiger partial charge in [-0.3, -0.25) is 0 Å². The molecular formula is C14H15FN2. The molecule has 0 atom stereocenters. The van der Waals surface area contributed by atoms with Gasteiger partial charge in [0.2, 0.25) is 0 Å². The smallest absolute Gasteiger partial charge is 0.146 e. The maximum Gasteiger partial charge on any atom is 0.146 e. The fourth-order valence-corrected chi connectivity index (χ4v) is 1.65. The average Bonchev–Trinajstić information content (AvgIpc) is 2.29. The summed E-state index contributed by atoms with van der Waals surface area (Å²) in [5.41, 5.74) is 9.94. The molecule has 0 spiro atoms. The maximum atomic E-state index is 13.5. The first-order valence-corrected chi connectivity index (χ1v) is 5.46. The molecule has 0 aliphatic carbocycles. The van der Waals surface area contributed by atoms with E-state index >= 15 is 0 Å². The molecule has 17 heavy (non-hydrogen) atoms. The second-order valence-electron chi connectivity index (χ2n) is 4.13. The number of hydrogen-bond acceptors (Lipinski definition) is 2. The van der Waals surface area contributed by atoms with Crippen LogP contribution in [0.15, 0.2) is 36.4 Å². The number of anilines is 3. The first-order valence-electron chi connectivity index (χ1n) is 5.46. The predicted molar refractivity (Wildman–Crippen MR) is 70.0 cm³/mol. The van der Waals surface area contributed by atoms with Gasteiger partial charge in [-0.15, -0.1) is 0 Å². The van der Waals surface area contributed by atoms with Crippen LogP contribution in [0.4, 0.5) is 21.5 Å². The van der Waals surface area contributed by atoms with E-state index in [1.165, 1.54) is 6.07 Å². The third-order valence-electron chi connectivity index (χ3n) is 2.81. The molecule has 0 saturated carbocycles.